The number of methoxy groups -OCH3 is 1. The second-order valence-electron chi connectivity index (χ2n) is 18.2. The summed E-state index contributed by atoms with van der Waals surface area (Å²) >= 11 is 0. The molecule has 3 aliphatic heterocycles. The van der Waals surface area contributed by atoms with E-state index < -0.39 is 171 Å². The summed E-state index contributed by atoms with van der Waals surface area (Å²) in [6, 6.07) is 9.71. The number of carbonyl (C=O) groups is 4. The minimum atomic E-state index is -3.19. The second-order valence-corrected chi connectivity index (χ2v) is 18.2. The zero-order valence-electron chi connectivity index (χ0n) is 39.4. The van der Waals surface area contributed by atoms with E-state index >= 15 is 0 Å². The monoisotopic (exact) mass is 1040 g/mol. The van der Waals surface area contributed by atoms with E-state index in [-0.39, 0.29) is 29.7 Å². The summed E-state index contributed by atoms with van der Waals surface area (Å²) in [5.74, 6) is -9.68. The topological polar surface area (TPSA) is 387 Å². The first-order valence-corrected chi connectivity index (χ1v) is 23.2. The number of nitrogens with zero attached hydrogens (tertiary/aromatic N) is 3. The molecule has 73 heavy (non-hydrogen) atoms. The van der Waals surface area contributed by atoms with Crippen molar-refractivity contribution in [3.63, 3.8) is 0 Å². The van der Waals surface area contributed by atoms with Crippen LogP contribution in [0, 0.1) is 11.7 Å². The lowest BCUT2D eigenvalue weighted by atomic mass is 9.81. The van der Waals surface area contributed by atoms with Gasteiger partial charge in [-0.15, -0.1) is 5.10 Å². The van der Waals surface area contributed by atoms with Gasteiger partial charge < -0.3 is 94.3 Å². The molecule has 2 aromatic carbocycles. The van der Waals surface area contributed by atoms with Gasteiger partial charge in [-0.1, -0.05) is 35.5 Å². The fourth-order valence-electron chi connectivity index (χ4n) is 9.43. The van der Waals surface area contributed by atoms with Gasteiger partial charge in [-0.3, -0.25) is 9.59 Å². The maximum atomic E-state index is 14.4. The number of halogens is 1. The van der Waals surface area contributed by atoms with Crippen LogP contribution >= 0.6 is 0 Å². The Hall–Kier alpha value is -5.21. The molecule has 18 unspecified atom stereocenters. The smallest absolute Gasteiger partial charge is 0.364 e. The van der Waals surface area contributed by atoms with E-state index in [1.807, 2.05) is 0 Å². The van der Waals surface area contributed by atoms with Crippen molar-refractivity contribution in [3.8, 4) is 11.3 Å². The summed E-state index contributed by atoms with van der Waals surface area (Å²) in [5.41, 5.74) is 0.321. The molecule has 1 saturated carbocycles. The summed E-state index contributed by atoms with van der Waals surface area (Å²) in [5, 5.41) is 120. The number of esters is 2. The number of aliphatic hydroxyl groups is 9. The number of hydrogen-bond donors (Lipinski definition) is 11. The van der Waals surface area contributed by atoms with Crippen molar-refractivity contribution in [2.45, 2.75) is 149 Å². The lowest BCUT2D eigenvalue weighted by molar-refractivity contribution is -0.378. The van der Waals surface area contributed by atoms with Crippen molar-refractivity contribution < 1.29 is 113 Å². The van der Waals surface area contributed by atoms with Gasteiger partial charge in [-0.25, -0.2) is 18.7 Å². The molecule has 26 nitrogen and oxygen atoms in total. The molecule has 7 rings (SSSR count). The normalized spacial score (nSPS) is 36.6. The average Bonchev–Trinajstić information content (AvgIpc) is 3.87. The van der Waals surface area contributed by atoms with Gasteiger partial charge in [0.1, 0.15) is 72.6 Å². The van der Waals surface area contributed by atoms with Crippen LogP contribution in [-0.4, -0.2) is 220 Å². The molecule has 4 fully saturated rings. The molecule has 3 saturated heterocycles. The summed E-state index contributed by atoms with van der Waals surface area (Å²) < 4.78 is 63.7. The van der Waals surface area contributed by atoms with Crippen molar-refractivity contribution in [2.75, 3.05) is 20.3 Å². The first-order chi connectivity index (χ1) is 34.7. The molecule has 11 N–H and O–H groups in total. The summed E-state index contributed by atoms with van der Waals surface area (Å²) in [7, 11) is 1.11. The summed E-state index contributed by atoms with van der Waals surface area (Å²) in [4.78, 5) is 53.3. The predicted octanol–water partition coefficient (Wildman–Crippen LogP) is -3.36. The maximum absolute atomic E-state index is 14.4. The van der Waals surface area contributed by atoms with Crippen molar-refractivity contribution in [1.82, 2.24) is 20.3 Å². The quantitative estimate of drug-likeness (QED) is 0.0588. The molecule has 1 amide bonds. The number of rotatable bonds is 17. The van der Waals surface area contributed by atoms with Crippen LogP contribution < -0.4 is 5.32 Å². The van der Waals surface area contributed by atoms with Crippen molar-refractivity contribution in [2.24, 2.45) is 5.92 Å². The zero-order chi connectivity index (χ0) is 53.1. The van der Waals surface area contributed by atoms with E-state index in [1.54, 1.807) is 12.1 Å². The Morgan fingerprint density at radius 3 is 2.27 bits per heavy atom. The number of ether oxygens (including phenoxy) is 8. The van der Waals surface area contributed by atoms with Crippen LogP contribution in [0.4, 0.5) is 4.39 Å². The SMILES string of the molecule is COC(=O)C1CC(OC2OC(CO)C(O)C(OC3(C(=O)O)CC(O)C(NC(C)=O)C([C@H](O)[C@H](O)CO)O3)C2OC(=O)c2ccccc2)C(OC2OC(C)C(O)C(O)C2O)C(n2cc(-c3cccc(F)c3)nn2)C1. The van der Waals surface area contributed by atoms with Crippen LogP contribution in [0.15, 0.2) is 60.8 Å². The number of aromatic nitrogens is 3. The van der Waals surface area contributed by atoms with E-state index in [1.165, 1.54) is 60.3 Å². The molecule has 0 radical (unpaired) electrons. The van der Waals surface area contributed by atoms with Gasteiger partial charge in [-0.2, -0.15) is 0 Å². The van der Waals surface area contributed by atoms with Gasteiger partial charge in [0, 0.05) is 18.9 Å². The van der Waals surface area contributed by atoms with E-state index in [0.29, 0.717) is 0 Å². The standard InChI is InChI=1S/C46H59FN4O22/c1-19-32(57)35(60)36(61)43(67-19)71-37-26(51-16-25(49-50-51)22-10-7-11-24(47)12-22)13-23(41(62)66-3)14-29(37)68-44-40(70-42(63)21-8-5-4-6-9-21)39(34(59)30(18-53)69-44)73-46(45(64)65)15-27(55)31(48-20(2)54)38(72-46)33(58)28(56)17-52/h4-12,16,19,23,26-40,43-44,52-53,55-61H,13-15,17-18H2,1-3H3,(H,48,54)(H,64,65)/t19?,23?,26?,27?,28-,29?,30?,31?,32?,33-,34?,35?,36?,37?,38?,39?,40?,43?,44?,46?/m1/s1. The lowest BCUT2D eigenvalue weighted by Gasteiger charge is -2.51. The number of nitrogens with one attached hydrogen (secondary N) is 1. The van der Waals surface area contributed by atoms with Crippen LogP contribution in [0.1, 0.15) is 49.5 Å². The van der Waals surface area contributed by atoms with Gasteiger partial charge in [0.15, 0.2) is 18.7 Å². The molecular formula is C46H59FN4O22. The van der Waals surface area contributed by atoms with Gasteiger partial charge in [0.25, 0.3) is 5.79 Å². The molecule has 0 bridgehead atoms. The molecule has 27 heteroatoms. The molecule has 3 aromatic rings. The number of amides is 1. The van der Waals surface area contributed by atoms with Crippen LogP contribution in [0.3, 0.4) is 0 Å². The Bertz CT molecular complexity index is 2370. The minimum absolute atomic E-state index is 0.112. The number of carboxylic acid groups (broad SMARTS) is 1. The first-order valence-electron chi connectivity index (χ1n) is 23.2. The number of aliphatic hydroxyl groups excluding tert-OH is 9. The van der Waals surface area contributed by atoms with Gasteiger partial charge in [0.2, 0.25) is 5.91 Å². The highest BCUT2D eigenvalue weighted by Crippen LogP contribution is 2.43. The Morgan fingerprint density at radius 1 is 0.904 bits per heavy atom. The number of benzene rings is 2. The highest BCUT2D eigenvalue weighted by molar-refractivity contribution is 5.89. The molecular weight excluding hydrogens is 980 g/mol. The second kappa shape index (κ2) is 23.6. The first kappa shape index (κ1) is 55.5. The number of aliphatic carboxylic acids is 1. The average molecular weight is 1040 g/mol. The Kier molecular flexibility index (Phi) is 17.9. The lowest BCUT2D eigenvalue weighted by Crippen LogP contribution is -2.71. The third-order valence-electron chi connectivity index (χ3n) is 13.3. The van der Waals surface area contributed by atoms with Crippen LogP contribution in [-0.2, 0) is 52.3 Å². The van der Waals surface area contributed by atoms with Gasteiger partial charge in [0.05, 0.1) is 68.4 Å². The van der Waals surface area contributed by atoms with E-state index in [9.17, 15) is 74.6 Å². The molecule has 402 valence electrons. The van der Waals surface area contributed by atoms with E-state index in [0.717, 1.165) is 14.0 Å². The zero-order valence-corrected chi connectivity index (χ0v) is 39.4. The number of hydrogen-bond acceptors (Lipinski definition) is 23. The summed E-state index contributed by atoms with van der Waals surface area (Å²) in [6.07, 6.45) is -30.4. The molecule has 4 aliphatic rings. The van der Waals surface area contributed by atoms with Crippen molar-refractivity contribution in [1.29, 1.82) is 0 Å². The third kappa shape index (κ3) is 12.0. The minimum Gasteiger partial charge on any atom is -0.477 e. The highest BCUT2D eigenvalue weighted by atomic mass is 19.1. The molecule has 20 atom stereocenters. The summed E-state index contributed by atoms with van der Waals surface area (Å²) in [6.45, 7) is 0.232. The van der Waals surface area contributed by atoms with E-state index in [2.05, 4.69) is 15.6 Å². The maximum Gasteiger partial charge on any atom is 0.364 e. The van der Waals surface area contributed by atoms with Crippen LogP contribution in [0.25, 0.3) is 11.3 Å². The van der Waals surface area contributed by atoms with Gasteiger partial charge in [-0.05, 0) is 44.0 Å². The largest absolute Gasteiger partial charge is 0.477 e. The van der Waals surface area contributed by atoms with Crippen LogP contribution in [0.5, 0.6) is 0 Å². The Balaban J connectivity index is 1.34. The van der Waals surface area contributed by atoms with Gasteiger partial charge >= 0.3 is 17.9 Å². The van der Waals surface area contributed by atoms with Crippen molar-refractivity contribution in [3.05, 3.63) is 72.2 Å². The van der Waals surface area contributed by atoms with Crippen molar-refractivity contribution >= 4 is 23.8 Å². The predicted molar refractivity (Wildman–Crippen MR) is 236 cm³/mol. The molecule has 1 aromatic heterocycles. The number of carboxylic acids is 1. The fourth-order valence-corrected chi connectivity index (χ4v) is 9.43. The molecule has 4 heterocycles. The Morgan fingerprint density at radius 2 is 1.63 bits per heavy atom. The molecule has 1 aliphatic carbocycles. The number of carbonyl (C=O) groups excluding carboxylic acids is 3. The third-order valence-corrected chi connectivity index (χ3v) is 13.3. The fraction of sp³-hybridized carbons (Fsp3) is 0.609. The van der Waals surface area contributed by atoms with Crippen LogP contribution in [0.2, 0.25) is 0 Å². The highest BCUT2D eigenvalue weighted by Gasteiger charge is 2.61. The Labute approximate surface area is 414 Å². The molecule has 0 spiro atoms. The van der Waals surface area contributed by atoms with E-state index in [4.69, 9.17) is 37.9 Å².